The first kappa shape index (κ1) is 13.1. The molecule has 1 unspecified atom stereocenters. The third kappa shape index (κ3) is 2.07. The lowest BCUT2D eigenvalue weighted by molar-refractivity contribution is 0.0710. The average molecular weight is 296 g/mol. The average Bonchev–Trinajstić information content (AvgIpc) is 3.25. The molecule has 22 heavy (non-hydrogen) atoms. The lowest BCUT2D eigenvalue weighted by Crippen LogP contribution is -2.30. The number of aromatic amines is 1. The molecule has 1 N–H and O–H groups in total. The van der Waals surface area contributed by atoms with Crippen molar-refractivity contribution in [3.63, 3.8) is 0 Å². The minimum Gasteiger partial charge on any atom is -0.361 e. The van der Waals surface area contributed by atoms with Gasteiger partial charge in [0, 0.05) is 23.8 Å². The van der Waals surface area contributed by atoms with Crippen LogP contribution >= 0.6 is 0 Å². The van der Waals surface area contributed by atoms with Gasteiger partial charge in [-0.1, -0.05) is 11.2 Å². The smallest absolute Gasteiger partial charge is 0.254 e. The van der Waals surface area contributed by atoms with Crippen molar-refractivity contribution in [3.8, 4) is 0 Å². The molecule has 0 bridgehead atoms. The quantitative estimate of drug-likeness (QED) is 0.789. The number of rotatable bonds is 2. The second kappa shape index (κ2) is 4.98. The van der Waals surface area contributed by atoms with E-state index in [1.165, 1.54) is 0 Å². The normalized spacial score (nSPS) is 18.2. The maximum absolute atomic E-state index is 12.8. The number of aromatic nitrogens is 3. The number of likely N-dealkylation sites (tertiary alicyclic amines) is 1. The second-order valence-electron chi connectivity index (χ2n) is 5.62. The fourth-order valence-corrected chi connectivity index (χ4v) is 3.06. The third-order valence-electron chi connectivity index (χ3n) is 4.14. The van der Waals surface area contributed by atoms with Crippen LogP contribution < -0.4 is 0 Å². The molecule has 3 aromatic rings. The molecular formula is C16H16N4O2. The molecule has 0 saturated carbocycles. The highest BCUT2D eigenvalue weighted by Gasteiger charge is 2.34. The molecule has 0 radical (unpaired) electrons. The number of carbonyl (C=O) groups excluding carboxylic acids is 1. The molecule has 6 heteroatoms. The third-order valence-corrected chi connectivity index (χ3v) is 4.14. The molecule has 112 valence electrons. The highest BCUT2D eigenvalue weighted by atomic mass is 16.5. The SMILES string of the molecule is Cc1noc(C2CCCN2C(=O)c2ccc3cc[nH]c3c2)n1. The molecule has 1 saturated heterocycles. The van der Waals surface area contributed by atoms with Gasteiger partial charge in [0.05, 0.1) is 0 Å². The second-order valence-corrected chi connectivity index (χ2v) is 5.62. The van der Waals surface area contributed by atoms with Crippen LogP contribution in [0.3, 0.4) is 0 Å². The summed E-state index contributed by atoms with van der Waals surface area (Å²) in [5.74, 6) is 1.14. The minimum atomic E-state index is -0.118. The maximum Gasteiger partial charge on any atom is 0.254 e. The summed E-state index contributed by atoms with van der Waals surface area (Å²) in [6.45, 7) is 2.50. The number of carbonyl (C=O) groups is 1. The van der Waals surface area contributed by atoms with Gasteiger partial charge in [-0.25, -0.2) is 0 Å². The van der Waals surface area contributed by atoms with E-state index in [1.54, 1.807) is 6.92 Å². The summed E-state index contributed by atoms with van der Waals surface area (Å²) in [6.07, 6.45) is 3.68. The molecule has 1 aromatic carbocycles. The molecule has 1 fully saturated rings. The number of nitrogens with zero attached hydrogens (tertiary/aromatic N) is 3. The van der Waals surface area contributed by atoms with Crippen LogP contribution in [0.25, 0.3) is 10.9 Å². The van der Waals surface area contributed by atoms with Crippen molar-refractivity contribution in [2.24, 2.45) is 0 Å². The molecule has 6 nitrogen and oxygen atoms in total. The van der Waals surface area contributed by atoms with Gasteiger partial charge in [0.15, 0.2) is 5.82 Å². The van der Waals surface area contributed by atoms with Crippen LogP contribution in [0.15, 0.2) is 35.0 Å². The van der Waals surface area contributed by atoms with Gasteiger partial charge in [-0.2, -0.15) is 4.98 Å². The monoisotopic (exact) mass is 296 g/mol. The molecule has 0 aliphatic carbocycles. The Labute approximate surface area is 127 Å². The van der Waals surface area contributed by atoms with Gasteiger partial charge in [0.2, 0.25) is 5.89 Å². The number of H-pyrrole nitrogens is 1. The summed E-state index contributed by atoms with van der Waals surface area (Å²) in [7, 11) is 0. The van der Waals surface area contributed by atoms with Gasteiger partial charge < -0.3 is 14.4 Å². The van der Waals surface area contributed by atoms with E-state index in [1.807, 2.05) is 35.4 Å². The first-order chi connectivity index (χ1) is 10.7. The van der Waals surface area contributed by atoms with Gasteiger partial charge in [0.1, 0.15) is 6.04 Å². The summed E-state index contributed by atoms with van der Waals surface area (Å²) in [4.78, 5) is 22.1. The van der Waals surface area contributed by atoms with Crippen LogP contribution in [0.5, 0.6) is 0 Å². The Kier molecular flexibility index (Phi) is 2.96. The predicted molar refractivity (Wildman–Crippen MR) is 80.3 cm³/mol. The number of fused-ring (bicyclic) bond motifs is 1. The highest BCUT2D eigenvalue weighted by Crippen LogP contribution is 2.32. The van der Waals surface area contributed by atoms with Crippen LogP contribution in [0.4, 0.5) is 0 Å². The van der Waals surface area contributed by atoms with Crippen LogP contribution in [0.2, 0.25) is 0 Å². The standard InChI is InChI=1S/C16H16N4O2/c1-10-18-15(22-19-10)14-3-2-8-20(14)16(21)12-5-4-11-6-7-17-13(11)9-12/h4-7,9,14,17H,2-3,8H2,1H3. The highest BCUT2D eigenvalue weighted by molar-refractivity contribution is 5.98. The lowest BCUT2D eigenvalue weighted by Gasteiger charge is -2.21. The molecule has 1 atom stereocenters. The number of nitrogens with one attached hydrogen (secondary N) is 1. The van der Waals surface area contributed by atoms with E-state index >= 15 is 0 Å². The number of aryl methyl sites for hydroxylation is 1. The van der Waals surface area contributed by atoms with E-state index in [9.17, 15) is 4.79 Å². The van der Waals surface area contributed by atoms with Crippen molar-refractivity contribution in [2.45, 2.75) is 25.8 Å². The van der Waals surface area contributed by atoms with Crippen molar-refractivity contribution in [1.82, 2.24) is 20.0 Å². The number of benzene rings is 1. The summed E-state index contributed by atoms with van der Waals surface area (Å²) in [6, 6.07) is 7.59. The van der Waals surface area contributed by atoms with Gasteiger partial charge in [-0.05, 0) is 43.4 Å². The molecule has 2 aromatic heterocycles. The lowest BCUT2D eigenvalue weighted by atomic mass is 10.1. The minimum absolute atomic E-state index is 0.00912. The molecule has 0 spiro atoms. The van der Waals surface area contributed by atoms with Crippen molar-refractivity contribution >= 4 is 16.8 Å². The van der Waals surface area contributed by atoms with Crippen LogP contribution in [0, 0.1) is 6.92 Å². The van der Waals surface area contributed by atoms with Crippen molar-refractivity contribution in [2.75, 3.05) is 6.54 Å². The zero-order valence-corrected chi connectivity index (χ0v) is 12.2. The van der Waals surface area contributed by atoms with E-state index in [2.05, 4.69) is 15.1 Å². The Hall–Kier alpha value is -2.63. The van der Waals surface area contributed by atoms with Crippen molar-refractivity contribution in [3.05, 3.63) is 47.7 Å². The van der Waals surface area contributed by atoms with Gasteiger partial charge in [0.25, 0.3) is 5.91 Å². The Morgan fingerprint density at radius 3 is 3.14 bits per heavy atom. The zero-order valence-electron chi connectivity index (χ0n) is 12.2. The van der Waals surface area contributed by atoms with E-state index < -0.39 is 0 Å². The fourth-order valence-electron chi connectivity index (χ4n) is 3.06. The van der Waals surface area contributed by atoms with E-state index in [0.29, 0.717) is 23.8 Å². The number of amides is 1. The van der Waals surface area contributed by atoms with Gasteiger partial charge >= 0.3 is 0 Å². The Morgan fingerprint density at radius 1 is 1.41 bits per heavy atom. The van der Waals surface area contributed by atoms with Gasteiger partial charge in [-0.15, -0.1) is 0 Å². The largest absolute Gasteiger partial charge is 0.361 e. The topological polar surface area (TPSA) is 75.0 Å². The first-order valence-corrected chi connectivity index (χ1v) is 7.41. The summed E-state index contributed by atoms with van der Waals surface area (Å²) >= 11 is 0. The summed E-state index contributed by atoms with van der Waals surface area (Å²) < 4.78 is 5.26. The van der Waals surface area contributed by atoms with E-state index in [0.717, 1.165) is 23.7 Å². The number of hydrogen-bond donors (Lipinski definition) is 1. The van der Waals surface area contributed by atoms with Crippen LogP contribution in [-0.4, -0.2) is 32.5 Å². The Morgan fingerprint density at radius 2 is 2.32 bits per heavy atom. The molecule has 1 aliphatic rings. The number of hydrogen-bond acceptors (Lipinski definition) is 4. The van der Waals surface area contributed by atoms with E-state index in [4.69, 9.17) is 4.52 Å². The molecule has 4 rings (SSSR count). The summed E-state index contributed by atoms with van der Waals surface area (Å²) in [5, 5.41) is 4.93. The predicted octanol–water partition coefficient (Wildman–Crippen LogP) is 2.84. The molecular weight excluding hydrogens is 280 g/mol. The fraction of sp³-hybridized carbons (Fsp3) is 0.312. The first-order valence-electron chi connectivity index (χ1n) is 7.41. The van der Waals surface area contributed by atoms with Crippen molar-refractivity contribution in [1.29, 1.82) is 0 Å². The summed E-state index contributed by atoms with van der Waals surface area (Å²) in [5.41, 5.74) is 1.65. The Balaban J connectivity index is 1.65. The molecule has 3 heterocycles. The molecule has 1 amide bonds. The molecule has 1 aliphatic heterocycles. The zero-order chi connectivity index (χ0) is 15.1. The maximum atomic E-state index is 12.8. The van der Waals surface area contributed by atoms with E-state index in [-0.39, 0.29) is 11.9 Å². The van der Waals surface area contributed by atoms with Crippen molar-refractivity contribution < 1.29 is 9.32 Å². The van der Waals surface area contributed by atoms with Crippen LogP contribution in [-0.2, 0) is 0 Å². The van der Waals surface area contributed by atoms with Crippen LogP contribution in [0.1, 0.15) is 41.0 Å². The Bertz CT molecular complexity index is 835. The van der Waals surface area contributed by atoms with Gasteiger partial charge in [-0.3, -0.25) is 4.79 Å².